The van der Waals surface area contributed by atoms with Crippen molar-refractivity contribution in [3.8, 4) is 17.2 Å². The van der Waals surface area contributed by atoms with Crippen molar-refractivity contribution >= 4 is 17.6 Å². The van der Waals surface area contributed by atoms with Gasteiger partial charge in [-0.2, -0.15) is 0 Å². The van der Waals surface area contributed by atoms with Gasteiger partial charge in [-0.25, -0.2) is 0 Å². The van der Waals surface area contributed by atoms with Crippen LogP contribution in [0.15, 0.2) is 42.5 Å². The fraction of sp³-hybridized carbons (Fsp3) is 0.500. The van der Waals surface area contributed by atoms with E-state index in [1.165, 1.54) is 43.9 Å². The number of ketones is 1. The molecule has 1 fully saturated rings. The Morgan fingerprint density at radius 1 is 0.947 bits per heavy atom. The van der Waals surface area contributed by atoms with Crippen LogP contribution in [-0.2, 0) is 16.0 Å². The number of hydrogen-bond acceptors (Lipinski definition) is 6. The van der Waals surface area contributed by atoms with Crippen LogP contribution in [0.4, 0.5) is 0 Å². The number of carbonyl (C=O) groups excluding carboxylic acids is 3. The fourth-order valence-corrected chi connectivity index (χ4v) is 5.14. The highest BCUT2D eigenvalue weighted by atomic mass is 16.5. The molecular formula is C30H40N2O6. The van der Waals surface area contributed by atoms with E-state index >= 15 is 0 Å². The van der Waals surface area contributed by atoms with E-state index in [4.69, 9.17) is 14.2 Å². The van der Waals surface area contributed by atoms with Gasteiger partial charge in [0.1, 0.15) is 6.04 Å². The molecule has 8 nitrogen and oxygen atoms in total. The fourth-order valence-electron chi connectivity index (χ4n) is 5.14. The molecule has 0 bridgehead atoms. The molecule has 0 spiro atoms. The maximum absolute atomic E-state index is 13.7. The van der Waals surface area contributed by atoms with Gasteiger partial charge in [-0.1, -0.05) is 43.7 Å². The summed E-state index contributed by atoms with van der Waals surface area (Å²) in [4.78, 5) is 41.9. The number of carbonyl (C=O) groups is 3. The number of benzene rings is 2. The quantitative estimate of drug-likeness (QED) is 0.234. The highest BCUT2D eigenvalue weighted by Gasteiger charge is 2.40. The molecule has 2 atom stereocenters. The Morgan fingerprint density at radius 2 is 1.63 bits per heavy atom. The summed E-state index contributed by atoms with van der Waals surface area (Å²) in [6.07, 6.45) is 6.45. The lowest BCUT2D eigenvalue weighted by Gasteiger charge is -2.41. The number of rotatable bonds is 13. The van der Waals surface area contributed by atoms with Gasteiger partial charge in [-0.3, -0.25) is 14.4 Å². The van der Waals surface area contributed by atoms with Gasteiger partial charge >= 0.3 is 0 Å². The van der Waals surface area contributed by atoms with Crippen LogP contribution in [0.3, 0.4) is 0 Å². The van der Waals surface area contributed by atoms with Crippen LogP contribution in [0.2, 0.25) is 0 Å². The molecule has 1 aliphatic rings. The van der Waals surface area contributed by atoms with E-state index in [9.17, 15) is 14.4 Å². The van der Waals surface area contributed by atoms with Crippen molar-refractivity contribution < 1.29 is 28.6 Å². The third-order valence-electron chi connectivity index (χ3n) is 7.06. The first-order chi connectivity index (χ1) is 18.4. The zero-order valence-electron chi connectivity index (χ0n) is 23.0. The maximum atomic E-state index is 13.7. The minimum Gasteiger partial charge on any atom is -0.493 e. The zero-order chi connectivity index (χ0) is 27.5. The molecule has 0 saturated carbocycles. The Kier molecular flexibility index (Phi) is 11.0. The Morgan fingerprint density at radius 3 is 2.24 bits per heavy atom. The molecule has 1 heterocycles. The molecule has 0 aromatic heterocycles. The Hall–Kier alpha value is -3.55. The molecule has 206 valence electrons. The molecular weight excluding hydrogens is 484 g/mol. The molecule has 2 amide bonds. The molecule has 1 aliphatic heterocycles. The van der Waals surface area contributed by atoms with E-state index in [0.717, 1.165) is 44.9 Å². The van der Waals surface area contributed by atoms with Crippen LogP contribution in [0, 0.1) is 0 Å². The lowest BCUT2D eigenvalue weighted by Crippen LogP contribution is -2.57. The summed E-state index contributed by atoms with van der Waals surface area (Å²) in [6, 6.07) is 12.4. The van der Waals surface area contributed by atoms with Crippen LogP contribution >= 0.6 is 0 Å². The number of nitrogens with zero attached hydrogens (tertiary/aromatic N) is 1. The summed E-state index contributed by atoms with van der Waals surface area (Å²) < 4.78 is 16.1. The van der Waals surface area contributed by atoms with Gasteiger partial charge in [-0.15, -0.1) is 0 Å². The first-order valence-electron chi connectivity index (χ1n) is 13.4. The number of aryl methyl sites for hydroxylation is 1. The van der Waals surface area contributed by atoms with Gasteiger partial charge in [-0.05, 0) is 62.6 Å². The average molecular weight is 525 g/mol. The van der Waals surface area contributed by atoms with Crippen molar-refractivity contribution in [1.82, 2.24) is 10.2 Å². The van der Waals surface area contributed by atoms with E-state index < -0.39 is 17.7 Å². The number of piperidine rings is 1. The molecule has 2 unspecified atom stereocenters. The van der Waals surface area contributed by atoms with Crippen molar-refractivity contribution in [2.75, 3.05) is 27.9 Å². The summed E-state index contributed by atoms with van der Waals surface area (Å²) in [7, 11) is 4.38. The van der Waals surface area contributed by atoms with Crippen LogP contribution in [-0.4, -0.2) is 62.5 Å². The highest BCUT2D eigenvalue weighted by Crippen LogP contribution is 2.38. The van der Waals surface area contributed by atoms with Crippen LogP contribution in [0.1, 0.15) is 67.8 Å². The normalized spacial score (nSPS) is 17.0. The second-order valence-corrected chi connectivity index (χ2v) is 9.58. The van der Waals surface area contributed by atoms with E-state index in [1.807, 2.05) is 25.1 Å². The second-order valence-electron chi connectivity index (χ2n) is 9.58. The average Bonchev–Trinajstić information content (AvgIpc) is 2.95. The van der Waals surface area contributed by atoms with Gasteiger partial charge in [0.25, 0.3) is 11.7 Å². The van der Waals surface area contributed by atoms with Gasteiger partial charge in [0, 0.05) is 18.2 Å². The van der Waals surface area contributed by atoms with E-state index in [0.29, 0.717) is 18.7 Å². The number of nitrogens with one attached hydrogen (secondary N) is 1. The summed E-state index contributed by atoms with van der Waals surface area (Å²) in [5, 5.41) is 3.02. The summed E-state index contributed by atoms with van der Waals surface area (Å²) >= 11 is 0. The number of hydrogen-bond donors (Lipinski definition) is 1. The number of ether oxygens (including phenoxy) is 3. The van der Waals surface area contributed by atoms with Crippen molar-refractivity contribution in [3.05, 3.63) is 53.6 Å². The van der Waals surface area contributed by atoms with Crippen molar-refractivity contribution in [3.63, 3.8) is 0 Å². The SMILES string of the molecule is CCCC1CCCC(C(=O)NCCCCc2ccccc2)N1C(=O)C(=O)c1cc(OC)c(OC)c(OC)c1. The van der Waals surface area contributed by atoms with E-state index in [1.54, 1.807) is 0 Å². The van der Waals surface area contributed by atoms with Gasteiger partial charge in [0.15, 0.2) is 11.5 Å². The van der Waals surface area contributed by atoms with Crippen LogP contribution < -0.4 is 19.5 Å². The minimum atomic E-state index is -0.701. The standard InChI is InChI=1S/C30H40N2O6/c1-5-12-23-16-11-17-24(29(34)31-18-10-9-15-21-13-7-6-8-14-21)32(23)30(35)27(33)22-19-25(36-2)28(38-4)26(20-22)37-3/h6-8,13-14,19-20,23-24H,5,9-12,15-18H2,1-4H3,(H,31,34). The first-order valence-corrected chi connectivity index (χ1v) is 13.4. The molecule has 3 rings (SSSR count). The predicted octanol–water partition coefficient (Wildman–Crippen LogP) is 4.58. The monoisotopic (exact) mass is 524 g/mol. The third-order valence-corrected chi connectivity index (χ3v) is 7.06. The molecule has 2 aromatic carbocycles. The topological polar surface area (TPSA) is 94.2 Å². The highest BCUT2D eigenvalue weighted by molar-refractivity contribution is 6.43. The van der Waals surface area contributed by atoms with Crippen molar-refractivity contribution in [1.29, 1.82) is 0 Å². The number of amides is 2. The Labute approximate surface area is 225 Å². The minimum absolute atomic E-state index is 0.130. The lowest BCUT2D eigenvalue weighted by atomic mass is 9.91. The Balaban J connectivity index is 1.73. The smallest absolute Gasteiger partial charge is 0.295 e. The van der Waals surface area contributed by atoms with Gasteiger partial charge in [0.2, 0.25) is 11.7 Å². The number of Topliss-reactive ketones (excluding diaryl/α,β-unsaturated/α-hetero) is 1. The van der Waals surface area contributed by atoms with Crippen LogP contribution in [0.25, 0.3) is 0 Å². The summed E-state index contributed by atoms with van der Waals surface area (Å²) in [5.74, 6) is -0.662. The molecule has 1 saturated heterocycles. The number of likely N-dealkylation sites (tertiary alicyclic amines) is 1. The third kappa shape index (κ3) is 7.05. The molecule has 0 aliphatic carbocycles. The zero-order valence-corrected chi connectivity index (χ0v) is 23.0. The molecule has 0 radical (unpaired) electrons. The van der Waals surface area contributed by atoms with Crippen molar-refractivity contribution in [2.24, 2.45) is 0 Å². The number of unbranched alkanes of at least 4 members (excludes halogenated alkanes) is 1. The Bertz CT molecular complexity index is 1060. The van der Waals surface area contributed by atoms with Crippen LogP contribution in [0.5, 0.6) is 17.2 Å². The van der Waals surface area contributed by atoms with E-state index in [-0.39, 0.29) is 29.0 Å². The summed E-state index contributed by atoms with van der Waals surface area (Å²) in [6.45, 7) is 2.57. The summed E-state index contributed by atoms with van der Waals surface area (Å²) in [5.41, 5.74) is 1.40. The number of methoxy groups -OCH3 is 3. The molecule has 38 heavy (non-hydrogen) atoms. The maximum Gasteiger partial charge on any atom is 0.295 e. The first kappa shape index (κ1) is 29.0. The van der Waals surface area contributed by atoms with E-state index in [2.05, 4.69) is 17.4 Å². The lowest BCUT2D eigenvalue weighted by molar-refractivity contribution is -0.142. The van der Waals surface area contributed by atoms with Gasteiger partial charge in [0.05, 0.1) is 21.3 Å². The molecule has 1 N–H and O–H groups in total. The van der Waals surface area contributed by atoms with Crippen molar-refractivity contribution in [2.45, 2.75) is 70.4 Å². The predicted molar refractivity (Wildman–Crippen MR) is 146 cm³/mol. The largest absolute Gasteiger partial charge is 0.493 e. The van der Waals surface area contributed by atoms with Gasteiger partial charge < -0.3 is 24.4 Å². The molecule has 2 aromatic rings. The molecule has 8 heteroatoms. The second kappa shape index (κ2) is 14.4.